The Morgan fingerprint density at radius 1 is 1.03 bits per heavy atom. The van der Waals surface area contributed by atoms with Crippen molar-refractivity contribution in [1.29, 1.82) is 0 Å². The van der Waals surface area contributed by atoms with Crippen LogP contribution in [-0.4, -0.2) is 58.5 Å². The molecule has 2 aliphatic heterocycles. The van der Waals surface area contributed by atoms with Crippen molar-refractivity contribution in [1.82, 2.24) is 19.6 Å². The van der Waals surface area contributed by atoms with Crippen molar-refractivity contribution in [2.75, 3.05) is 32.8 Å². The third-order valence-electron chi connectivity index (χ3n) is 6.27. The monoisotopic (exact) mass is 388 g/mol. The molecule has 2 aromatic carbocycles. The third-order valence-corrected chi connectivity index (χ3v) is 6.27. The number of aromatic nitrogens is 2. The fourth-order valence-electron chi connectivity index (χ4n) is 4.67. The number of nitrogens with zero attached hydrogens (tertiary/aromatic N) is 4. The van der Waals surface area contributed by atoms with Gasteiger partial charge in [0.2, 0.25) is 0 Å². The van der Waals surface area contributed by atoms with Gasteiger partial charge in [-0.1, -0.05) is 36.4 Å². The molecule has 3 aromatic rings. The molecule has 0 amide bonds. The number of morpholine rings is 1. The summed E-state index contributed by atoms with van der Waals surface area (Å²) in [5.41, 5.74) is 5.20. The highest BCUT2D eigenvalue weighted by molar-refractivity contribution is 5.39. The van der Waals surface area contributed by atoms with E-state index in [1.54, 1.807) is 0 Å². The fraction of sp³-hybridized carbons (Fsp3) is 0.375. The van der Waals surface area contributed by atoms with Crippen LogP contribution in [0.3, 0.4) is 0 Å². The molecule has 5 heteroatoms. The minimum Gasteiger partial charge on any atom is -0.378 e. The molecule has 0 saturated carbocycles. The first-order valence-electron chi connectivity index (χ1n) is 10.5. The van der Waals surface area contributed by atoms with Gasteiger partial charge in [0.1, 0.15) is 0 Å². The number of hydrogen-bond donors (Lipinski definition) is 0. The van der Waals surface area contributed by atoms with Gasteiger partial charge in [0, 0.05) is 44.6 Å². The fourth-order valence-corrected chi connectivity index (χ4v) is 4.67. The number of benzene rings is 2. The Kier molecular flexibility index (Phi) is 5.19. The van der Waals surface area contributed by atoms with E-state index in [1.165, 1.54) is 16.7 Å². The first-order chi connectivity index (χ1) is 14.3. The van der Waals surface area contributed by atoms with E-state index >= 15 is 0 Å². The summed E-state index contributed by atoms with van der Waals surface area (Å²) in [5.74, 6) is 0. The maximum Gasteiger partial charge on any atom is 0.0664 e. The van der Waals surface area contributed by atoms with Crippen LogP contribution in [0.2, 0.25) is 0 Å². The predicted molar refractivity (Wildman–Crippen MR) is 114 cm³/mol. The summed E-state index contributed by atoms with van der Waals surface area (Å²) in [6.07, 6.45) is 3.80. The Morgan fingerprint density at radius 3 is 2.72 bits per heavy atom. The van der Waals surface area contributed by atoms with Crippen molar-refractivity contribution >= 4 is 0 Å². The molecule has 1 aromatic heterocycles. The quantitative estimate of drug-likeness (QED) is 0.686. The molecule has 0 N–H and O–H groups in total. The van der Waals surface area contributed by atoms with Gasteiger partial charge in [-0.25, -0.2) is 4.68 Å². The topological polar surface area (TPSA) is 33.5 Å². The summed E-state index contributed by atoms with van der Waals surface area (Å²) < 4.78 is 7.92. The summed E-state index contributed by atoms with van der Waals surface area (Å²) in [4.78, 5) is 5.23. The average molecular weight is 389 g/mol. The third kappa shape index (κ3) is 3.86. The lowest BCUT2D eigenvalue weighted by atomic mass is 9.99. The van der Waals surface area contributed by atoms with Gasteiger partial charge >= 0.3 is 0 Å². The number of aryl methyl sites for hydroxylation is 1. The molecule has 29 heavy (non-hydrogen) atoms. The van der Waals surface area contributed by atoms with Gasteiger partial charge < -0.3 is 4.74 Å². The zero-order valence-corrected chi connectivity index (χ0v) is 16.9. The lowest BCUT2D eigenvalue weighted by Gasteiger charge is -2.48. The number of fused-ring (bicyclic) bond motifs is 1. The Balaban J connectivity index is 1.27. The Morgan fingerprint density at radius 2 is 1.93 bits per heavy atom. The molecule has 2 aliphatic rings. The number of piperazine rings is 1. The van der Waals surface area contributed by atoms with Gasteiger partial charge in [-0.05, 0) is 41.8 Å². The zero-order valence-electron chi connectivity index (χ0n) is 16.9. The van der Waals surface area contributed by atoms with Crippen LogP contribution in [0.15, 0.2) is 67.0 Å². The molecule has 3 heterocycles. The lowest BCUT2D eigenvalue weighted by molar-refractivity contribution is -0.0836. The van der Waals surface area contributed by atoms with Crippen LogP contribution in [0.4, 0.5) is 0 Å². The van der Waals surface area contributed by atoms with Gasteiger partial charge in [0.15, 0.2) is 0 Å². The smallest absolute Gasteiger partial charge is 0.0664 e. The molecule has 2 atom stereocenters. The molecular weight excluding hydrogens is 360 g/mol. The maximum atomic E-state index is 6.01. The summed E-state index contributed by atoms with van der Waals surface area (Å²) >= 11 is 0. The maximum absolute atomic E-state index is 6.01. The van der Waals surface area contributed by atoms with E-state index in [2.05, 4.69) is 70.4 Å². The Hall–Kier alpha value is -2.47. The summed E-state index contributed by atoms with van der Waals surface area (Å²) in [7, 11) is 0. The summed E-state index contributed by atoms with van der Waals surface area (Å²) in [6, 6.07) is 20.3. The molecule has 0 bridgehead atoms. The first kappa shape index (κ1) is 18.6. The lowest BCUT2D eigenvalue weighted by Crippen LogP contribution is -2.58. The molecule has 5 rings (SSSR count). The van der Waals surface area contributed by atoms with Crippen LogP contribution in [0.5, 0.6) is 0 Å². The van der Waals surface area contributed by atoms with Crippen molar-refractivity contribution in [3.8, 4) is 5.69 Å². The molecule has 2 fully saturated rings. The van der Waals surface area contributed by atoms with Gasteiger partial charge in [-0.2, -0.15) is 5.10 Å². The average Bonchev–Trinajstić information content (AvgIpc) is 3.30. The van der Waals surface area contributed by atoms with E-state index in [1.807, 2.05) is 23.1 Å². The SMILES string of the molecule is Cc1cc(-n2cccn2)ccc1CN1CCN2[C@@H](COC[C@@H]2c2ccccc2)C1. The van der Waals surface area contributed by atoms with Gasteiger partial charge in [-0.3, -0.25) is 9.80 Å². The molecule has 5 nitrogen and oxygen atoms in total. The van der Waals surface area contributed by atoms with Crippen molar-refractivity contribution in [3.63, 3.8) is 0 Å². The van der Waals surface area contributed by atoms with E-state index in [-0.39, 0.29) is 0 Å². The van der Waals surface area contributed by atoms with Gasteiger partial charge in [0.25, 0.3) is 0 Å². The minimum atomic E-state index is 0.382. The van der Waals surface area contributed by atoms with Crippen LogP contribution >= 0.6 is 0 Å². The van der Waals surface area contributed by atoms with Gasteiger partial charge in [-0.15, -0.1) is 0 Å². The van der Waals surface area contributed by atoms with Gasteiger partial charge in [0.05, 0.1) is 24.9 Å². The summed E-state index contributed by atoms with van der Waals surface area (Å²) in [6.45, 7) is 8.08. The van der Waals surface area contributed by atoms with E-state index in [0.717, 1.165) is 45.1 Å². The first-order valence-corrected chi connectivity index (χ1v) is 10.5. The second-order valence-corrected chi connectivity index (χ2v) is 8.15. The standard InChI is InChI=1S/C24H28N4O/c1-19-14-22(28-11-5-10-25-28)9-8-21(19)15-26-12-13-27-23(16-26)17-29-18-24(27)20-6-3-2-4-7-20/h2-11,14,23-24H,12-13,15-18H2,1H3/t23-,24-/m1/s1. The normalized spacial score (nSPS) is 23.1. The van der Waals surface area contributed by atoms with E-state index in [4.69, 9.17) is 4.74 Å². The summed E-state index contributed by atoms with van der Waals surface area (Å²) in [5, 5.41) is 4.34. The molecule has 0 radical (unpaired) electrons. The van der Waals surface area contributed by atoms with Crippen LogP contribution in [0.1, 0.15) is 22.7 Å². The van der Waals surface area contributed by atoms with E-state index in [9.17, 15) is 0 Å². The van der Waals surface area contributed by atoms with E-state index in [0.29, 0.717) is 12.1 Å². The molecule has 150 valence electrons. The Labute approximate surface area is 172 Å². The molecular formula is C24H28N4O. The highest BCUT2D eigenvalue weighted by Gasteiger charge is 2.36. The number of rotatable bonds is 4. The highest BCUT2D eigenvalue weighted by Crippen LogP contribution is 2.30. The van der Waals surface area contributed by atoms with Crippen molar-refractivity contribution in [3.05, 3.63) is 83.7 Å². The van der Waals surface area contributed by atoms with Crippen LogP contribution in [0, 0.1) is 6.92 Å². The van der Waals surface area contributed by atoms with Crippen molar-refractivity contribution in [2.45, 2.75) is 25.6 Å². The second-order valence-electron chi connectivity index (χ2n) is 8.15. The second kappa shape index (κ2) is 8.11. The predicted octanol–water partition coefficient (Wildman–Crippen LogP) is 3.44. The largest absolute Gasteiger partial charge is 0.378 e. The highest BCUT2D eigenvalue weighted by atomic mass is 16.5. The molecule has 0 unspecified atom stereocenters. The van der Waals surface area contributed by atoms with Crippen LogP contribution < -0.4 is 0 Å². The number of hydrogen-bond acceptors (Lipinski definition) is 4. The Bertz CT molecular complexity index is 941. The minimum absolute atomic E-state index is 0.382. The molecule has 0 aliphatic carbocycles. The van der Waals surface area contributed by atoms with Crippen molar-refractivity contribution < 1.29 is 4.74 Å². The molecule has 2 saturated heterocycles. The van der Waals surface area contributed by atoms with Crippen LogP contribution in [-0.2, 0) is 11.3 Å². The molecule has 0 spiro atoms. The number of ether oxygens (including phenoxy) is 1. The zero-order chi connectivity index (χ0) is 19.6. The van der Waals surface area contributed by atoms with E-state index < -0.39 is 0 Å². The van der Waals surface area contributed by atoms with Crippen molar-refractivity contribution in [2.24, 2.45) is 0 Å². The van der Waals surface area contributed by atoms with Crippen LogP contribution in [0.25, 0.3) is 5.69 Å².